The molecule has 0 unspecified atom stereocenters. The summed E-state index contributed by atoms with van der Waals surface area (Å²) < 4.78 is 5.38. The molecule has 1 N–H and O–H groups in total. The quantitative estimate of drug-likeness (QED) is 0.831. The fourth-order valence-electron chi connectivity index (χ4n) is 2.00. The first kappa shape index (κ1) is 16.0. The monoisotopic (exact) mass is 317 g/mol. The van der Waals surface area contributed by atoms with Crippen LogP contribution in [0.5, 0.6) is 5.75 Å². The topological polar surface area (TPSA) is 55.4 Å². The zero-order valence-electron chi connectivity index (χ0n) is 12.1. The van der Waals surface area contributed by atoms with Crippen LogP contribution in [0.3, 0.4) is 0 Å². The van der Waals surface area contributed by atoms with E-state index in [1.807, 2.05) is 19.1 Å². The van der Waals surface area contributed by atoms with Crippen molar-refractivity contribution in [3.63, 3.8) is 0 Å². The number of benzene rings is 2. The molecule has 0 bridgehead atoms. The van der Waals surface area contributed by atoms with E-state index in [4.69, 9.17) is 16.3 Å². The van der Waals surface area contributed by atoms with Crippen molar-refractivity contribution in [1.82, 2.24) is 5.32 Å². The average Bonchev–Trinajstić information content (AvgIpc) is 2.53. The van der Waals surface area contributed by atoms with E-state index in [1.165, 1.54) is 0 Å². The van der Waals surface area contributed by atoms with Crippen molar-refractivity contribution in [2.45, 2.75) is 13.0 Å². The van der Waals surface area contributed by atoms with Crippen LogP contribution >= 0.6 is 11.6 Å². The van der Waals surface area contributed by atoms with Crippen molar-refractivity contribution < 1.29 is 14.3 Å². The SMILES string of the molecule is C[C@H](NC(=O)COc1ccccc1C=O)c1cccc(Cl)c1. The first-order valence-electron chi connectivity index (χ1n) is 6.82. The lowest BCUT2D eigenvalue weighted by Gasteiger charge is -2.15. The molecule has 2 rings (SSSR count). The maximum Gasteiger partial charge on any atom is 0.258 e. The lowest BCUT2D eigenvalue weighted by atomic mass is 10.1. The van der Waals surface area contributed by atoms with Gasteiger partial charge >= 0.3 is 0 Å². The normalized spacial score (nSPS) is 11.5. The molecule has 0 fully saturated rings. The summed E-state index contributed by atoms with van der Waals surface area (Å²) in [6, 6.07) is 13.9. The molecule has 0 aliphatic rings. The molecule has 114 valence electrons. The van der Waals surface area contributed by atoms with Crippen LogP contribution in [-0.4, -0.2) is 18.8 Å². The van der Waals surface area contributed by atoms with Gasteiger partial charge in [0.15, 0.2) is 12.9 Å². The van der Waals surface area contributed by atoms with Gasteiger partial charge in [-0.3, -0.25) is 9.59 Å². The van der Waals surface area contributed by atoms with Gasteiger partial charge in [0.1, 0.15) is 5.75 Å². The number of para-hydroxylation sites is 1. The Labute approximate surface area is 134 Å². The van der Waals surface area contributed by atoms with Gasteiger partial charge < -0.3 is 10.1 Å². The Morgan fingerprint density at radius 2 is 2.05 bits per heavy atom. The second-order valence-corrected chi connectivity index (χ2v) is 5.22. The van der Waals surface area contributed by atoms with Crippen LogP contribution in [0.2, 0.25) is 5.02 Å². The van der Waals surface area contributed by atoms with E-state index < -0.39 is 0 Å². The molecule has 5 heteroatoms. The Bertz CT molecular complexity index is 672. The van der Waals surface area contributed by atoms with Crippen molar-refractivity contribution in [3.05, 3.63) is 64.7 Å². The first-order valence-corrected chi connectivity index (χ1v) is 7.20. The second kappa shape index (κ2) is 7.61. The Hall–Kier alpha value is -2.33. The summed E-state index contributed by atoms with van der Waals surface area (Å²) in [5.74, 6) is 0.122. The van der Waals surface area contributed by atoms with E-state index in [9.17, 15) is 9.59 Å². The number of rotatable bonds is 6. The lowest BCUT2D eigenvalue weighted by molar-refractivity contribution is -0.123. The molecular weight excluding hydrogens is 302 g/mol. The van der Waals surface area contributed by atoms with Crippen LogP contribution in [0, 0.1) is 0 Å². The van der Waals surface area contributed by atoms with Crippen molar-refractivity contribution >= 4 is 23.8 Å². The molecular formula is C17H16ClNO3. The van der Waals surface area contributed by atoms with E-state index in [0.29, 0.717) is 22.6 Å². The minimum atomic E-state index is -0.270. The molecule has 0 saturated heterocycles. The summed E-state index contributed by atoms with van der Waals surface area (Å²) in [6.07, 6.45) is 0.696. The van der Waals surface area contributed by atoms with E-state index in [1.54, 1.807) is 36.4 Å². The predicted molar refractivity (Wildman–Crippen MR) is 85.3 cm³/mol. The Morgan fingerprint density at radius 3 is 2.77 bits per heavy atom. The summed E-state index contributed by atoms with van der Waals surface area (Å²) in [6.45, 7) is 1.71. The van der Waals surface area contributed by atoms with E-state index >= 15 is 0 Å². The van der Waals surface area contributed by atoms with Gasteiger partial charge in [0.2, 0.25) is 0 Å². The van der Waals surface area contributed by atoms with Gasteiger partial charge in [0.05, 0.1) is 11.6 Å². The number of nitrogens with one attached hydrogen (secondary N) is 1. The number of hydrogen-bond donors (Lipinski definition) is 1. The Morgan fingerprint density at radius 1 is 1.27 bits per heavy atom. The summed E-state index contributed by atoms with van der Waals surface area (Å²) in [7, 11) is 0. The molecule has 0 aliphatic carbocycles. The van der Waals surface area contributed by atoms with Crippen LogP contribution in [0.25, 0.3) is 0 Å². The fourth-order valence-corrected chi connectivity index (χ4v) is 2.19. The van der Waals surface area contributed by atoms with E-state index in [-0.39, 0.29) is 18.6 Å². The Kier molecular flexibility index (Phi) is 5.55. The van der Waals surface area contributed by atoms with Gasteiger partial charge in [-0.25, -0.2) is 0 Å². The highest BCUT2D eigenvalue weighted by Gasteiger charge is 2.11. The number of carbonyl (C=O) groups excluding carboxylic acids is 2. The lowest BCUT2D eigenvalue weighted by Crippen LogP contribution is -2.31. The predicted octanol–water partition coefficient (Wildman–Crippen LogP) is 3.41. The number of hydrogen-bond acceptors (Lipinski definition) is 3. The third-order valence-corrected chi connectivity index (χ3v) is 3.37. The van der Waals surface area contributed by atoms with Gasteiger partial charge in [0, 0.05) is 5.02 Å². The molecule has 0 saturated carbocycles. The summed E-state index contributed by atoms with van der Waals surface area (Å²) in [4.78, 5) is 22.8. The average molecular weight is 318 g/mol. The molecule has 0 radical (unpaired) electrons. The number of carbonyl (C=O) groups is 2. The molecule has 0 aliphatic heterocycles. The van der Waals surface area contributed by atoms with Gasteiger partial charge in [-0.1, -0.05) is 35.9 Å². The Balaban J connectivity index is 1.91. The smallest absolute Gasteiger partial charge is 0.258 e. The maximum atomic E-state index is 11.9. The zero-order chi connectivity index (χ0) is 15.9. The zero-order valence-corrected chi connectivity index (χ0v) is 12.8. The largest absolute Gasteiger partial charge is 0.483 e. The third-order valence-electron chi connectivity index (χ3n) is 3.13. The van der Waals surface area contributed by atoms with Crippen LogP contribution in [0.15, 0.2) is 48.5 Å². The molecule has 0 heterocycles. The maximum absolute atomic E-state index is 11.9. The van der Waals surface area contributed by atoms with E-state index in [0.717, 1.165) is 5.56 Å². The fraction of sp³-hybridized carbons (Fsp3) is 0.176. The highest BCUT2D eigenvalue weighted by Crippen LogP contribution is 2.18. The van der Waals surface area contributed by atoms with Gasteiger partial charge in [-0.15, -0.1) is 0 Å². The van der Waals surface area contributed by atoms with Crippen LogP contribution in [-0.2, 0) is 4.79 Å². The highest BCUT2D eigenvalue weighted by molar-refractivity contribution is 6.30. The van der Waals surface area contributed by atoms with Gasteiger partial charge in [-0.05, 0) is 36.8 Å². The summed E-state index contributed by atoms with van der Waals surface area (Å²) in [5.41, 5.74) is 1.33. The third kappa shape index (κ3) is 4.33. The highest BCUT2D eigenvalue weighted by atomic mass is 35.5. The second-order valence-electron chi connectivity index (χ2n) is 4.79. The molecule has 22 heavy (non-hydrogen) atoms. The molecule has 0 spiro atoms. The minimum Gasteiger partial charge on any atom is -0.483 e. The van der Waals surface area contributed by atoms with Gasteiger partial charge in [0.25, 0.3) is 5.91 Å². The van der Waals surface area contributed by atoms with Crippen LogP contribution in [0.1, 0.15) is 28.9 Å². The molecule has 2 aromatic carbocycles. The van der Waals surface area contributed by atoms with Crippen molar-refractivity contribution in [3.8, 4) is 5.75 Å². The number of ether oxygens (including phenoxy) is 1. The standard InChI is InChI=1S/C17H16ClNO3/c1-12(13-6-4-7-15(18)9-13)19-17(21)11-22-16-8-3-2-5-14(16)10-20/h2-10,12H,11H2,1H3,(H,19,21)/t12-/m0/s1. The van der Waals surface area contributed by atoms with Crippen LogP contribution < -0.4 is 10.1 Å². The number of halogens is 1. The summed E-state index contributed by atoms with van der Waals surface area (Å²) in [5, 5.41) is 3.44. The van der Waals surface area contributed by atoms with Gasteiger partial charge in [-0.2, -0.15) is 0 Å². The first-order chi connectivity index (χ1) is 10.6. The molecule has 4 nitrogen and oxygen atoms in total. The summed E-state index contributed by atoms with van der Waals surface area (Å²) >= 11 is 5.93. The molecule has 1 atom stereocenters. The van der Waals surface area contributed by atoms with Crippen molar-refractivity contribution in [1.29, 1.82) is 0 Å². The van der Waals surface area contributed by atoms with Crippen molar-refractivity contribution in [2.24, 2.45) is 0 Å². The molecule has 0 aromatic heterocycles. The number of aldehydes is 1. The van der Waals surface area contributed by atoms with E-state index in [2.05, 4.69) is 5.32 Å². The van der Waals surface area contributed by atoms with Crippen LogP contribution in [0.4, 0.5) is 0 Å². The number of amides is 1. The van der Waals surface area contributed by atoms with Crippen molar-refractivity contribution in [2.75, 3.05) is 6.61 Å². The molecule has 2 aromatic rings. The minimum absolute atomic E-state index is 0.157. The molecule has 1 amide bonds.